The van der Waals surface area contributed by atoms with Gasteiger partial charge < -0.3 is 13.7 Å². The summed E-state index contributed by atoms with van der Waals surface area (Å²) in [5, 5.41) is 7.51. The first kappa shape index (κ1) is 19.8. The van der Waals surface area contributed by atoms with E-state index in [1.54, 1.807) is 36.4 Å². The predicted molar refractivity (Wildman–Crippen MR) is 110 cm³/mol. The topological polar surface area (TPSA) is 70.2 Å². The number of aryl methyl sites for hydroxylation is 1. The van der Waals surface area contributed by atoms with Crippen molar-refractivity contribution in [3.63, 3.8) is 0 Å². The molecule has 0 aliphatic heterocycles. The fourth-order valence-electron chi connectivity index (χ4n) is 3.29. The summed E-state index contributed by atoms with van der Waals surface area (Å²) in [5.74, 6) is 0.304. The van der Waals surface area contributed by atoms with E-state index in [2.05, 4.69) is 10.2 Å². The van der Waals surface area contributed by atoms with E-state index in [-0.39, 0.29) is 17.4 Å². The van der Waals surface area contributed by atoms with E-state index >= 15 is 0 Å². The molecular formula is C22H17ClFN3O3. The normalized spacial score (nSPS) is 10.9. The number of ketones is 1. The van der Waals surface area contributed by atoms with Crippen LogP contribution in [-0.4, -0.2) is 27.2 Å². The number of benzene rings is 2. The van der Waals surface area contributed by atoms with Gasteiger partial charge in [-0.1, -0.05) is 11.6 Å². The van der Waals surface area contributed by atoms with Crippen molar-refractivity contribution in [1.82, 2.24) is 14.8 Å². The minimum Gasteiger partial charge on any atom is -0.485 e. The highest BCUT2D eigenvalue weighted by Crippen LogP contribution is 2.25. The predicted octanol–water partition coefficient (Wildman–Crippen LogP) is 5.20. The van der Waals surface area contributed by atoms with Gasteiger partial charge in [-0.15, -0.1) is 10.2 Å². The van der Waals surface area contributed by atoms with Gasteiger partial charge in [0.25, 0.3) is 0 Å². The van der Waals surface area contributed by atoms with Crippen molar-refractivity contribution in [2.24, 2.45) is 0 Å². The molecule has 2 heterocycles. The third kappa shape index (κ3) is 3.84. The van der Waals surface area contributed by atoms with Crippen LogP contribution in [0.25, 0.3) is 17.1 Å². The summed E-state index contributed by atoms with van der Waals surface area (Å²) in [5.41, 5.74) is 3.55. The summed E-state index contributed by atoms with van der Waals surface area (Å²) in [6, 6.07) is 13.3. The Kier molecular flexibility index (Phi) is 5.37. The number of nitrogens with zero attached hydrogens (tertiary/aromatic N) is 3. The van der Waals surface area contributed by atoms with E-state index in [0.29, 0.717) is 22.9 Å². The van der Waals surface area contributed by atoms with Crippen molar-refractivity contribution in [2.75, 3.05) is 6.61 Å². The molecule has 0 aliphatic rings. The second kappa shape index (κ2) is 8.12. The molecule has 0 saturated heterocycles. The first-order chi connectivity index (χ1) is 14.4. The number of carbonyl (C=O) groups excluding carboxylic acids is 1. The molecule has 0 radical (unpaired) electrons. The average Bonchev–Trinajstić information content (AvgIpc) is 3.37. The molecule has 0 spiro atoms. The molecule has 0 atom stereocenters. The van der Waals surface area contributed by atoms with Crippen LogP contribution in [-0.2, 0) is 0 Å². The quantitative estimate of drug-likeness (QED) is 0.397. The Morgan fingerprint density at radius 3 is 2.60 bits per heavy atom. The lowest BCUT2D eigenvalue weighted by Crippen LogP contribution is -2.12. The minimum absolute atomic E-state index is 0.0280. The van der Waals surface area contributed by atoms with Crippen LogP contribution in [0.1, 0.15) is 21.7 Å². The summed E-state index contributed by atoms with van der Waals surface area (Å²) in [4.78, 5) is 12.8. The van der Waals surface area contributed by atoms with E-state index in [1.165, 1.54) is 18.5 Å². The van der Waals surface area contributed by atoms with Crippen molar-refractivity contribution in [3.8, 4) is 22.9 Å². The van der Waals surface area contributed by atoms with E-state index < -0.39 is 5.82 Å². The van der Waals surface area contributed by atoms with Crippen LogP contribution >= 0.6 is 11.6 Å². The third-order valence-corrected chi connectivity index (χ3v) is 5.01. The molecule has 0 amide bonds. The zero-order valence-electron chi connectivity index (χ0n) is 16.2. The molecule has 0 aliphatic carbocycles. The average molecular weight is 426 g/mol. The van der Waals surface area contributed by atoms with Gasteiger partial charge in [-0.2, -0.15) is 0 Å². The van der Waals surface area contributed by atoms with Gasteiger partial charge in [0.1, 0.15) is 11.6 Å². The van der Waals surface area contributed by atoms with Gasteiger partial charge in [0.2, 0.25) is 18.1 Å². The summed E-state index contributed by atoms with van der Waals surface area (Å²) in [6.45, 7) is 3.59. The Morgan fingerprint density at radius 2 is 1.93 bits per heavy atom. The Hall–Kier alpha value is -3.45. The summed E-state index contributed by atoms with van der Waals surface area (Å²) in [7, 11) is 0. The lowest BCUT2D eigenvalue weighted by atomic mass is 10.1. The van der Waals surface area contributed by atoms with E-state index in [9.17, 15) is 9.18 Å². The molecule has 8 heteroatoms. The van der Waals surface area contributed by atoms with Crippen LogP contribution in [0.5, 0.6) is 5.75 Å². The zero-order chi connectivity index (χ0) is 21.3. The highest BCUT2D eigenvalue weighted by Gasteiger charge is 2.18. The molecule has 6 nitrogen and oxygen atoms in total. The summed E-state index contributed by atoms with van der Waals surface area (Å²) < 4.78 is 26.1. The second-order valence-corrected chi connectivity index (χ2v) is 7.11. The van der Waals surface area contributed by atoms with Crippen LogP contribution in [0, 0.1) is 19.7 Å². The van der Waals surface area contributed by atoms with Crippen molar-refractivity contribution in [3.05, 3.63) is 82.7 Å². The minimum atomic E-state index is -0.488. The molecule has 0 unspecified atom stereocenters. The van der Waals surface area contributed by atoms with Crippen LogP contribution in [0.3, 0.4) is 0 Å². The van der Waals surface area contributed by atoms with Gasteiger partial charge >= 0.3 is 0 Å². The maximum Gasteiger partial charge on any atom is 0.247 e. The van der Waals surface area contributed by atoms with E-state index in [4.69, 9.17) is 20.8 Å². The second-order valence-electron chi connectivity index (χ2n) is 6.70. The standard InChI is InChI=1S/C22H17ClFN3O3/c1-13-9-18(14(2)27(13)16-5-8-20(24)19(23)10-16)21(28)11-29-17-6-3-15(4-7-17)22-26-25-12-30-22/h3-10,12H,11H2,1-2H3. The fraction of sp³-hybridized carbons (Fsp3) is 0.136. The van der Waals surface area contributed by atoms with Crippen molar-refractivity contribution in [2.45, 2.75) is 13.8 Å². The molecule has 0 fully saturated rings. The Bertz CT molecular complexity index is 1200. The first-order valence-electron chi connectivity index (χ1n) is 9.11. The van der Waals surface area contributed by atoms with Crippen molar-refractivity contribution >= 4 is 17.4 Å². The van der Waals surface area contributed by atoms with Crippen molar-refractivity contribution < 1.29 is 18.3 Å². The Labute approximate surface area is 176 Å². The molecule has 0 saturated carbocycles. The van der Waals surface area contributed by atoms with Gasteiger partial charge in [0, 0.05) is 28.2 Å². The zero-order valence-corrected chi connectivity index (χ0v) is 17.0. The third-order valence-electron chi connectivity index (χ3n) is 4.72. The highest BCUT2D eigenvalue weighted by molar-refractivity contribution is 6.30. The smallest absolute Gasteiger partial charge is 0.247 e. The highest BCUT2D eigenvalue weighted by atomic mass is 35.5. The monoisotopic (exact) mass is 425 g/mol. The van der Waals surface area contributed by atoms with Crippen LogP contribution < -0.4 is 4.74 Å². The molecular weight excluding hydrogens is 409 g/mol. The summed E-state index contributed by atoms with van der Waals surface area (Å²) >= 11 is 5.91. The number of hydrogen-bond donors (Lipinski definition) is 0. The fourth-order valence-corrected chi connectivity index (χ4v) is 3.46. The first-order valence-corrected chi connectivity index (χ1v) is 9.49. The lowest BCUT2D eigenvalue weighted by Gasteiger charge is -2.11. The van der Waals surface area contributed by atoms with Crippen LogP contribution in [0.15, 0.2) is 59.3 Å². The molecule has 30 heavy (non-hydrogen) atoms. The summed E-state index contributed by atoms with van der Waals surface area (Å²) in [6.07, 6.45) is 1.26. The molecule has 0 bridgehead atoms. The molecule has 2 aromatic heterocycles. The Morgan fingerprint density at radius 1 is 1.17 bits per heavy atom. The maximum absolute atomic E-state index is 13.5. The number of rotatable bonds is 6. The van der Waals surface area contributed by atoms with Gasteiger partial charge in [-0.25, -0.2) is 4.39 Å². The number of aromatic nitrogens is 3. The number of hydrogen-bond acceptors (Lipinski definition) is 5. The Balaban J connectivity index is 1.49. The number of Topliss-reactive ketones (excluding diaryl/α,β-unsaturated/α-hetero) is 1. The SMILES string of the molecule is Cc1cc(C(=O)COc2ccc(-c3nnco3)cc2)c(C)n1-c1ccc(F)c(Cl)c1. The van der Waals surface area contributed by atoms with Crippen molar-refractivity contribution in [1.29, 1.82) is 0 Å². The van der Waals surface area contributed by atoms with Crippen LogP contribution in [0.4, 0.5) is 4.39 Å². The molecule has 4 aromatic rings. The van der Waals surface area contributed by atoms with Gasteiger partial charge in [0.05, 0.1) is 5.02 Å². The van der Waals surface area contributed by atoms with Gasteiger partial charge in [-0.05, 0) is 62.4 Å². The van der Waals surface area contributed by atoms with E-state index in [1.807, 2.05) is 18.4 Å². The van der Waals surface area contributed by atoms with Gasteiger partial charge in [0.15, 0.2) is 6.61 Å². The maximum atomic E-state index is 13.5. The largest absolute Gasteiger partial charge is 0.485 e. The van der Waals surface area contributed by atoms with Crippen LogP contribution in [0.2, 0.25) is 5.02 Å². The lowest BCUT2D eigenvalue weighted by molar-refractivity contribution is 0.0921. The molecule has 152 valence electrons. The molecule has 0 N–H and O–H groups in total. The number of carbonyl (C=O) groups is 1. The number of ether oxygens (including phenoxy) is 1. The number of halogens is 2. The van der Waals surface area contributed by atoms with E-state index in [0.717, 1.165) is 17.0 Å². The van der Waals surface area contributed by atoms with Gasteiger partial charge in [-0.3, -0.25) is 4.79 Å². The molecule has 2 aromatic carbocycles. The molecule has 4 rings (SSSR count).